The van der Waals surface area contributed by atoms with Crippen molar-refractivity contribution in [1.82, 2.24) is 20.0 Å². The van der Waals surface area contributed by atoms with Crippen LogP contribution < -0.4 is 14.8 Å². The van der Waals surface area contributed by atoms with Gasteiger partial charge < -0.3 is 19.7 Å². The second-order valence-electron chi connectivity index (χ2n) is 7.38. The number of ether oxygens (including phenoxy) is 2. The molecule has 0 aliphatic carbocycles. The highest BCUT2D eigenvalue weighted by Gasteiger charge is 2.26. The molecule has 2 aromatic rings. The number of hydrogen-bond donors (Lipinski definition) is 1. The molecule has 1 aromatic carbocycles. The van der Waals surface area contributed by atoms with Crippen molar-refractivity contribution in [3.05, 3.63) is 41.7 Å². The summed E-state index contributed by atoms with van der Waals surface area (Å²) >= 11 is 0. The Morgan fingerprint density at radius 3 is 2.86 bits per heavy atom. The average Bonchev–Trinajstić information content (AvgIpc) is 3.29. The number of aryl methyl sites for hydroxylation is 1. The van der Waals surface area contributed by atoms with Gasteiger partial charge in [-0.15, -0.1) is 24.0 Å². The molecule has 1 atom stereocenters. The summed E-state index contributed by atoms with van der Waals surface area (Å²) in [6.45, 7) is 6.97. The molecule has 0 spiro atoms. The number of aliphatic imine (C=N–C) groups is 1. The number of benzene rings is 1. The monoisotopic (exact) mass is 511 g/mol. The number of hydrogen-bond acceptors (Lipinski definition) is 4. The fourth-order valence-corrected chi connectivity index (χ4v) is 3.77. The SMILES string of the molecule is CCNC(=NCc1ccc2c(c1)OCCCO2)N1CCC(c2cnn(C)c2)C1.I. The minimum absolute atomic E-state index is 0. The van der Waals surface area contributed by atoms with Gasteiger partial charge in [0.25, 0.3) is 0 Å². The highest BCUT2D eigenvalue weighted by Crippen LogP contribution is 2.31. The smallest absolute Gasteiger partial charge is 0.194 e. The standard InChI is InChI=1S/C21H29N5O2.HI/c1-3-22-21(26-8-7-17(15-26)18-13-24-25(2)14-18)23-12-16-5-6-19-20(11-16)28-10-4-9-27-19;/h5-6,11,13-14,17H,3-4,7-10,12,15H2,1-2H3,(H,22,23);1H. The molecule has 1 saturated heterocycles. The third-order valence-electron chi connectivity index (χ3n) is 5.24. The Kier molecular flexibility index (Phi) is 7.63. The molecule has 2 aliphatic heterocycles. The predicted octanol–water partition coefficient (Wildman–Crippen LogP) is 3.15. The van der Waals surface area contributed by atoms with E-state index in [2.05, 4.69) is 40.6 Å². The lowest BCUT2D eigenvalue weighted by Crippen LogP contribution is -2.40. The summed E-state index contributed by atoms with van der Waals surface area (Å²) in [6.07, 6.45) is 6.14. The van der Waals surface area contributed by atoms with Crippen molar-refractivity contribution in [1.29, 1.82) is 0 Å². The van der Waals surface area contributed by atoms with Crippen molar-refractivity contribution in [3.8, 4) is 11.5 Å². The molecule has 29 heavy (non-hydrogen) atoms. The molecule has 0 radical (unpaired) electrons. The first-order valence-corrected chi connectivity index (χ1v) is 10.1. The molecule has 0 saturated carbocycles. The molecule has 1 aromatic heterocycles. The Labute approximate surface area is 189 Å². The molecule has 158 valence electrons. The van der Waals surface area contributed by atoms with Crippen LogP contribution in [0, 0.1) is 0 Å². The van der Waals surface area contributed by atoms with Crippen molar-refractivity contribution in [2.75, 3.05) is 32.8 Å². The third-order valence-corrected chi connectivity index (χ3v) is 5.24. The Morgan fingerprint density at radius 1 is 1.28 bits per heavy atom. The predicted molar refractivity (Wildman–Crippen MR) is 124 cm³/mol. The summed E-state index contributed by atoms with van der Waals surface area (Å²) in [5, 5.41) is 7.76. The lowest BCUT2D eigenvalue weighted by atomic mass is 10.0. The number of halogens is 1. The summed E-state index contributed by atoms with van der Waals surface area (Å²) in [5.74, 6) is 3.14. The van der Waals surface area contributed by atoms with E-state index < -0.39 is 0 Å². The minimum atomic E-state index is 0. The average molecular weight is 511 g/mol. The molecule has 1 N–H and O–H groups in total. The van der Waals surface area contributed by atoms with E-state index in [0.29, 0.717) is 25.7 Å². The number of aromatic nitrogens is 2. The number of fused-ring (bicyclic) bond motifs is 1. The lowest BCUT2D eigenvalue weighted by Gasteiger charge is -2.21. The highest BCUT2D eigenvalue weighted by atomic mass is 127. The molecule has 1 unspecified atom stereocenters. The summed E-state index contributed by atoms with van der Waals surface area (Å²) in [6, 6.07) is 6.12. The summed E-state index contributed by atoms with van der Waals surface area (Å²) in [5.41, 5.74) is 2.44. The summed E-state index contributed by atoms with van der Waals surface area (Å²) in [4.78, 5) is 7.24. The zero-order valence-corrected chi connectivity index (χ0v) is 19.5. The van der Waals surface area contributed by atoms with Gasteiger partial charge >= 0.3 is 0 Å². The Morgan fingerprint density at radius 2 is 2.10 bits per heavy atom. The van der Waals surface area contributed by atoms with E-state index in [0.717, 1.165) is 55.5 Å². The second kappa shape index (κ2) is 10.2. The van der Waals surface area contributed by atoms with E-state index in [9.17, 15) is 0 Å². The van der Waals surface area contributed by atoms with Gasteiger partial charge in [-0.3, -0.25) is 4.68 Å². The van der Waals surface area contributed by atoms with Crippen LogP contribution >= 0.6 is 24.0 Å². The van der Waals surface area contributed by atoms with Gasteiger partial charge in [-0.05, 0) is 36.6 Å². The topological polar surface area (TPSA) is 63.9 Å². The lowest BCUT2D eigenvalue weighted by molar-refractivity contribution is 0.297. The molecule has 3 heterocycles. The highest BCUT2D eigenvalue weighted by molar-refractivity contribution is 14.0. The van der Waals surface area contributed by atoms with Gasteiger partial charge in [-0.25, -0.2) is 4.99 Å². The Bertz CT molecular complexity index is 838. The van der Waals surface area contributed by atoms with Crippen molar-refractivity contribution in [3.63, 3.8) is 0 Å². The number of guanidine groups is 1. The van der Waals surface area contributed by atoms with Crippen molar-refractivity contribution >= 4 is 29.9 Å². The zero-order valence-electron chi connectivity index (χ0n) is 17.1. The van der Waals surface area contributed by atoms with Gasteiger partial charge in [-0.1, -0.05) is 6.07 Å². The quantitative estimate of drug-likeness (QED) is 0.388. The number of nitrogens with one attached hydrogen (secondary N) is 1. The van der Waals surface area contributed by atoms with E-state index in [1.54, 1.807) is 0 Å². The molecule has 0 amide bonds. The first-order chi connectivity index (χ1) is 13.7. The van der Waals surface area contributed by atoms with Crippen LogP contribution in [0.5, 0.6) is 11.5 Å². The number of likely N-dealkylation sites (tertiary alicyclic amines) is 1. The molecule has 7 nitrogen and oxygen atoms in total. The minimum Gasteiger partial charge on any atom is -0.490 e. The van der Waals surface area contributed by atoms with Crippen LogP contribution in [0.3, 0.4) is 0 Å². The molecular formula is C21H30IN5O2. The molecule has 4 rings (SSSR count). The van der Waals surface area contributed by atoms with E-state index in [1.807, 2.05) is 24.0 Å². The van der Waals surface area contributed by atoms with Crippen LogP contribution in [0.4, 0.5) is 0 Å². The normalized spacial score (nSPS) is 18.9. The van der Waals surface area contributed by atoms with Crippen LogP contribution in [0.1, 0.15) is 36.8 Å². The van der Waals surface area contributed by atoms with E-state index in [1.165, 1.54) is 5.56 Å². The molecule has 1 fully saturated rings. The largest absolute Gasteiger partial charge is 0.490 e. The maximum Gasteiger partial charge on any atom is 0.194 e. The summed E-state index contributed by atoms with van der Waals surface area (Å²) in [7, 11) is 1.97. The van der Waals surface area contributed by atoms with E-state index in [4.69, 9.17) is 14.5 Å². The van der Waals surface area contributed by atoms with E-state index in [-0.39, 0.29) is 24.0 Å². The van der Waals surface area contributed by atoms with Gasteiger partial charge in [0.05, 0.1) is 26.0 Å². The van der Waals surface area contributed by atoms with Crippen molar-refractivity contribution < 1.29 is 9.47 Å². The third kappa shape index (κ3) is 5.34. The number of rotatable bonds is 4. The fraction of sp³-hybridized carbons (Fsp3) is 0.524. The molecule has 2 aliphatic rings. The van der Waals surface area contributed by atoms with Gasteiger partial charge in [0.1, 0.15) is 0 Å². The van der Waals surface area contributed by atoms with Crippen LogP contribution in [0.15, 0.2) is 35.6 Å². The number of nitrogens with zero attached hydrogens (tertiary/aromatic N) is 4. The van der Waals surface area contributed by atoms with Crippen LogP contribution in [0.25, 0.3) is 0 Å². The van der Waals surface area contributed by atoms with Crippen LogP contribution in [-0.4, -0.2) is 53.5 Å². The fourth-order valence-electron chi connectivity index (χ4n) is 3.77. The molecule has 0 bridgehead atoms. The molecular weight excluding hydrogens is 481 g/mol. The van der Waals surface area contributed by atoms with Crippen molar-refractivity contribution in [2.45, 2.75) is 32.2 Å². The first kappa shape index (κ1) is 21.7. The van der Waals surface area contributed by atoms with Gasteiger partial charge in [0, 0.05) is 45.2 Å². The second-order valence-corrected chi connectivity index (χ2v) is 7.38. The molecule has 8 heteroatoms. The van der Waals surface area contributed by atoms with Gasteiger partial charge in [-0.2, -0.15) is 5.10 Å². The zero-order chi connectivity index (χ0) is 19.3. The van der Waals surface area contributed by atoms with E-state index >= 15 is 0 Å². The van der Waals surface area contributed by atoms with Gasteiger partial charge in [0.15, 0.2) is 17.5 Å². The van der Waals surface area contributed by atoms with Crippen LogP contribution in [0.2, 0.25) is 0 Å². The maximum absolute atomic E-state index is 5.80. The maximum atomic E-state index is 5.80. The Balaban J connectivity index is 0.00000240. The summed E-state index contributed by atoms with van der Waals surface area (Å²) < 4.78 is 13.4. The van der Waals surface area contributed by atoms with Crippen molar-refractivity contribution in [2.24, 2.45) is 12.0 Å². The van der Waals surface area contributed by atoms with Crippen LogP contribution in [-0.2, 0) is 13.6 Å². The van der Waals surface area contributed by atoms with Gasteiger partial charge in [0.2, 0.25) is 0 Å². The Hall–Kier alpha value is -1.97. The first-order valence-electron chi connectivity index (χ1n) is 10.1.